The molecule has 0 heterocycles. The summed E-state index contributed by atoms with van der Waals surface area (Å²) in [4.78, 5) is 0.380. The summed E-state index contributed by atoms with van der Waals surface area (Å²) in [6, 6.07) is 3.42. The fourth-order valence-electron chi connectivity index (χ4n) is 5.00. The molecule has 0 aliphatic heterocycles. The molecule has 224 valence electrons. The molecule has 0 spiro atoms. The van der Waals surface area contributed by atoms with Gasteiger partial charge in [-0.3, -0.25) is 0 Å². The molecule has 0 fully saturated rings. The second kappa shape index (κ2) is 16.3. The second-order valence-electron chi connectivity index (χ2n) is 13.2. The van der Waals surface area contributed by atoms with E-state index in [4.69, 9.17) is 4.43 Å². The van der Waals surface area contributed by atoms with Gasteiger partial charge in [0, 0.05) is 0 Å². The molecular formula is C32H59NO3SSiSn. The molecule has 0 aromatic heterocycles. The summed E-state index contributed by atoms with van der Waals surface area (Å²) in [7, 11) is -5.79. The van der Waals surface area contributed by atoms with E-state index in [-0.39, 0.29) is 5.04 Å². The van der Waals surface area contributed by atoms with E-state index in [9.17, 15) is 8.42 Å². The van der Waals surface area contributed by atoms with Crippen molar-refractivity contribution in [2.45, 2.75) is 143 Å². The van der Waals surface area contributed by atoms with E-state index in [1.165, 1.54) is 51.8 Å². The van der Waals surface area contributed by atoms with Crippen LogP contribution in [0.3, 0.4) is 0 Å². The zero-order valence-electron chi connectivity index (χ0n) is 27.1. The van der Waals surface area contributed by atoms with E-state index in [1.807, 2.05) is 39.0 Å². The van der Waals surface area contributed by atoms with Crippen molar-refractivity contribution in [2.24, 2.45) is 0 Å². The van der Waals surface area contributed by atoms with Crippen molar-refractivity contribution in [1.29, 1.82) is 0 Å². The maximum absolute atomic E-state index is 13.7. The summed E-state index contributed by atoms with van der Waals surface area (Å²) in [6.45, 7) is 24.0. The summed E-state index contributed by atoms with van der Waals surface area (Å²) in [5.74, 6) is 0. The number of aryl methyl sites for hydroxylation is 3. The molecule has 4 nitrogen and oxygen atoms in total. The van der Waals surface area contributed by atoms with Gasteiger partial charge in [-0.15, -0.1) is 0 Å². The third kappa shape index (κ3) is 11.8. The van der Waals surface area contributed by atoms with Crippen LogP contribution < -0.4 is 4.72 Å². The van der Waals surface area contributed by atoms with Gasteiger partial charge in [-0.2, -0.15) is 0 Å². The molecule has 0 bridgehead atoms. The van der Waals surface area contributed by atoms with Gasteiger partial charge in [0.25, 0.3) is 0 Å². The summed E-state index contributed by atoms with van der Waals surface area (Å²) < 4.78 is 43.5. The second-order valence-corrected chi connectivity index (χ2v) is 32.5. The molecule has 0 radical (unpaired) electrons. The summed E-state index contributed by atoms with van der Waals surface area (Å²) in [6.07, 6.45) is 9.51. The van der Waals surface area contributed by atoms with Gasteiger partial charge in [-0.1, -0.05) is 0 Å². The Bertz CT molecular complexity index is 1020. The molecule has 0 unspecified atom stereocenters. The van der Waals surface area contributed by atoms with E-state index in [2.05, 4.69) is 69.2 Å². The van der Waals surface area contributed by atoms with Crippen LogP contribution in [-0.2, 0) is 14.4 Å². The Hall–Kier alpha value is -0.374. The van der Waals surface area contributed by atoms with Crippen molar-refractivity contribution in [2.75, 3.05) is 6.61 Å². The Kier molecular flexibility index (Phi) is 15.3. The van der Waals surface area contributed by atoms with Gasteiger partial charge >= 0.3 is 249 Å². The van der Waals surface area contributed by atoms with Gasteiger partial charge < -0.3 is 0 Å². The van der Waals surface area contributed by atoms with Gasteiger partial charge in [0.1, 0.15) is 0 Å². The average Bonchev–Trinajstić information content (AvgIpc) is 2.81. The summed E-state index contributed by atoms with van der Waals surface area (Å²) >= 11 is -2.54. The first kappa shape index (κ1) is 36.7. The van der Waals surface area contributed by atoms with Crippen molar-refractivity contribution >= 4 is 36.7 Å². The van der Waals surface area contributed by atoms with Crippen LogP contribution in [0.25, 0.3) is 0 Å². The third-order valence-corrected chi connectivity index (χ3v) is 28.5. The van der Waals surface area contributed by atoms with Gasteiger partial charge in [-0.05, 0) is 0 Å². The van der Waals surface area contributed by atoms with Gasteiger partial charge in [0.05, 0.1) is 0 Å². The topological polar surface area (TPSA) is 55.4 Å². The van der Waals surface area contributed by atoms with E-state index in [0.29, 0.717) is 11.5 Å². The van der Waals surface area contributed by atoms with E-state index in [1.54, 1.807) is 0 Å². The van der Waals surface area contributed by atoms with Crippen LogP contribution in [0.2, 0.25) is 31.4 Å². The number of benzene rings is 1. The van der Waals surface area contributed by atoms with E-state index in [0.717, 1.165) is 16.7 Å². The Morgan fingerprint density at radius 3 is 1.82 bits per heavy atom. The molecule has 7 heteroatoms. The first-order chi connectivity index (χ1) is 18.0. The maximum atomic E-state index is 13.7. The quantitative estimate of drug-likeness (QED) is 0.131. The molecule has 0 aliphatic carbocycles. The summed E-state index contributed by atoms with van der Waals surface area (Å²) in [5, 5.41) is 0.0478. The molecule has 39 heavy (non-hydrogen) atoms. The number of rotatable bonds is 17. The van der Waals surface area contributed by atoms with Crippen LogP contribution in [-0.4, -0.2) is 47.8 Å². The van der Waals surface area contributed by atoms with Crippen molar-refractivity contribution < 1.29 is 12.8 Å². The number of hydrogen-bond donors (Lipinski definition) is 1. The minimum absolute atomic E-state index is 0.0478. The molecule has 1 aromatic carbocycles. The normalized spacial score (nSPS) is 13.7. The Morgan fingerprint density at radius 1 is 0.949 bits per heavy atom. The monoisotopic (exact) mass is 685 g/mol. The number of nitrogens with one attached hydrogen (secondary N) is 1. The van der Waals surface area contributed by atoms with Crippen LogP contribution in [0, 0.1) is 20.8 Å². The Labute approximate surface area is 247 Å². The van der Waals surface area contributed by atoms with E-state index >= 15 is 0 Å². The SMILES string of the molecule is CCC[CH2][Sn]([CH]=C=C[C@H](CO[Si](C)(C)C(C)(C)C)NS(=O)(=O)c1c(C)cc(C)cc1C)([CH2]CCC)[CH2]CCC. The molecule has 0 saturated heterocycles. The molecule has 0 amide bonds. The van der Waals surface area contributed by atoms with Crippen LogP contribution in [0.15, 0.2) is 32.9 Å². The molecular weight excluding hydrogens is 625 g/mol. The fraction of sp³-hybridized carbons (Fsp3) is 0.719. The third-order valence-electron chi connectivity index (χ3n) is 8.38. The Morgan fingerprint density at radius 2 is 1.41 bits per heavy atom. The summed E-state index contributed by atoms with van der Waals surface area (Å²) in [5.41, 5.74) is 6.21. The van der Waals surface area contributed by atoms with Crippen molar-refractivity contribution in [3.05, 3.63) is 44.7 Å². The molecule has 1 atom stereocenters. The molecule has 1 N–H and O–H groups in total. The van der Waals surface area contributed by atoms with Gasteiger partial charge in [0.15, 0.2) is 0 Å². The predicted octanol–water partition coefficient (Wildman–Crippen LogP) is 9.38. The van der Waals surface area contributed by atoms with Gasteiger partial charge in [-0.25, -0.2) is 0 Å². The Balaban J connectivity index is 3.49. The zero-order chi connectivity index (χ0) is 29.9. The average molecular weight is 685 g/mol. The number of unbranched alkanes of at least 4 members (excludes halogenated alkanes) is 3. The molecule has 1 aromatic rings. The number of sulfonamides is 1. The van der Waals surface area contributed by atoms with Crippen molar-refractivity contribution in [3.8, 4) is 0 Å². The molecule has 0 aliphatic rings. The standard InChI is InChI=1S/C20H32NO3SSi.3C4H9.Sn/c1-10-11-18(14-24-26(8,9)20(5,6)7)21-25(22,23)19-16(3)12-15(2)13-17(19)4;3*1-3-4-2;/h1,11-13,18,21H,14H2,2-9H3;3*1,3-4H2,2H3;/t10?,18-;;;;/m1..../s1. The van der Waals surface area contributed by atoms with Gasteiger partial charge in [0.2, 0.25) is 0 Å². The van der Waals surface area contributed by atoms with Crippen molar-refractivity contribution in [1.82, 2.24) is 4.72 Å². The first-order valence-electron chi connectivity index (χ1n) is 15.2. The van der Waals surface area contributed by atoms with Crippen LogP contribution >= 0.6 is 0 Å². The zero-order valence-corrected chi connectivity index (χ0v) is 31.8. The van der Waals surface area contributed by atoms with E-state index < -0.39 is 42.8 Å². The minimum atomic E-state index is -3.73. The molecule has 0 saturated carbocycles. The number of hydrogen-bond acceptors (Lipinski definition) is 3. The van der Waals surface area contributed by atoms with Crippen LogP contribution in [0.5, 0.6) is 0 Å². The fourth-order valence-corrected chi connectivity index (χ4v) is 21.4. The van der Waals surface area contributed by atoms with Crippen molar-refractivity contribution in [3.63, 3.8) is 0 Å². The van der Waals surface area contributed by atoms with Crippen LogP contribution in [0.1, 0.15) is 96.8 Å². The predicted molar refractivity (Wildman–Crippen MR) is 175 cm³/mol. The van der Waals surface area contributed by atoms with Crippen LogP contribution in [0.4, 0.5) is 0 Å². The molecule has 1 rings (SSSR count). The first-order valence-corrected chi connectivity index (χ1v) is 27.3.